The molecule has 0 unspecified atom stereocenters. The van der Waals surface area contributed by atoms with Crippen LogP contribution >= 0.6 is 0 Å². The van der Waals surface area contributed by atoms with Gasteiger partial charge < -0.3 is 19.5 Å². The van der Waals surface area contributed by atoms with Crippen molar-refractivity contribution in [2.45, 2.75) is 20.1 Å². The number of rotatable bonds is 8. The first kappa shape index (κ1) is 13.8. The maximum Gasteiger partial charge on any atom is 0.174 e. The second kappa shape index (κ2) is 7.92. The van der Waals surface area contributed by atoms with Gasteiger partial charge >= 0.3 is 0 Å². The Balaban J connectivity index is 2.41. The number of hydrogen-bond acceptors (Lipinski definition) is 4. The van der Waals surface area contributed by atoms with Crippen LogP contribution < -0.4 is 10.1 Å². The number of hydrogen-bond donors (Lipinski definition) is 1. The van der Waals surface area contributed by atoms with Crippen LogP contribution in [0.25, 0.3) is 0 Å². The maximum atomic E-state index is 5.44. The quantitative estimate of drug-likeness (QED) is 0.708. The van der Waals surface area contributed by atoms with E-state index in [1.807, 2.05) is 38.1 Å². The SMILES string of the molecule is CCOC(CNc1ccc(OC)cc1)OCC. The highest BCUT2D eigenvalue weighted by molar-refractivity contribution is 5.46. The predicted molar refractivity (Wildman–Crippen MR) is 68.5 cm³/mol. The number of methoxy groups -OCH3 is 1. The molecule has 1 aromatic rings. The lowest BCUT2D eigenvalue weighted by atomic mass is 10.3. The third-order valence-electron chi connectivity index (χ3n) is 2.27. The van der Waals surface area contributed by atoms with E-state index in [1.54, 1.807) is 7.11 Å². The van der Waals surface area contributed by atoms with Gasteiger partial charge in [0.1, 0.15) is 5.75 Å². The third kappa shape index (κ3) is 5.06. The molecule has 17 heavy (non-hydrogen) atoms. The minimum atomic E-state index is -0.202. The van der Waals surface area contributed by atoms with E-state index in [1.165, 1.54) is 0 Å². The Morgan fingerprint density at radius 1 is 1.06 bits per heavy atom. The van der Waals surface area contributed by atoms with Crippen molar-refractivity contribution in [3.05, 3.63) is 24.3 Å². The van der Waals surface area contributed by atoms with E-state index >= 15 is 0 Å². The first-order chi connectivity index (χ1) is 8.30. The molecule has 0 aliphatic rings. The molecule has 1 rings (SSSR count). The Bertz CT molecular complexity index is 294. The molecule has 0 atom stereocenters. The van der Waals surface area contributed by atoms with Gasteiger partial charge in [0.2, 0.25) is 0 Å². The summed E-state index contributed by atoms with van der Waals surface area (Å²) in [6.07, 6.45) is -0.202. The summed E-state index contributed by atoms with van der Waals surface area (Å²) in [5.41, 5.74) is 1.02. The topological polar surface area (TPSA) is 39.7 Å². The molecule has 1 N–H and O–H groups in total. The van der Waals surface area contributed by atoms with Crippen molar-refractivity contribution >= 4 is 5.69 Å². The van der Waals surface area contributed by atoms with Gasteiger partial charge in [-0.25, -0.2) is 0 Å². The predicted octanol–water partition coefficient (Wildman–Crippen LogP) is 2.51. The first-order valence-corrected chi connectivity index (χ1v) is 5.91. The lowest BCUT2D eigenvalue weighted by Crippen LogP contribution is -2.26. The average molecular weight is 239 g/mol. The van der Waals surface area contributed by atoms with E-state index in [0.717, 1.165) is 11.4 Å². The van der Waals surface area contributed by atoms with Crippen molar-refractivity contribution in [3.8, 4) is 5.75 Å². The number of benzene rings is 1. The van der Waals surface area contributed by atoms with Crippen molar-refractivity contribution in [1.29, 1.82) is 0 Å². The lowest BCUT2D eigenvalue weighted by Gasteiger charge is -2.18. The molecule has 0 aliphatic heterocycles. The van der Waals surface area contributed by atoms with Crippen LogP contribution in [0.2, 0.25) is 0 Å². The van der Waals surface area contributed by atoms with Crippen LogP contribution in [-0.2, 0) is 9.47 Å². The summed E-state index contributed by atoms with van der Waals surface area (Å²) in [4.78, 5) is 0. The van der Waals surface area contributed by atoms with Crippen molar-refractivity contribution in [3.63, 3.8) is 0 Å². The van der Waals surface area contributed by atoms with Crippen molar-refractivity contribution in [1.82, 2.24) is 0 Å². The summed E-state index contributed by atoms with van der Waals surface area (Å²) < 4.78 is 16.0. The summed E-state index contributed by atoms with van der Waals surface area (Å²) in [6, 6.07) is 7.76. The molecule has 0 saturated carbocycles. The largest absolute Gasteiger partial charge is 0.497 e. The fourth-order valence-electron chi connectivity index (χ4n) is 1.45. The number of ether oxygens (including phenoxy) is 3. The van der Waals surface area contributed by atoms with Crippen LogP contribution in [-0.4, -0.2) is 33.2 Å². The van der Waals surface area contributed by atoms with Crippen LogP contribution in [0.3, 0.4) is 0 Å². The van der Waals surface area contributed by atoms with E-state index in [-0.39, 0.29) is 6.29 Å². The van der Waals surface area contributed by atoms with Crippen molar-refractivity contribution in [2.24, 2.45) is 0 Å². The number of nitrogens with one attached hydrogen (secondary N) is 1. The Labute approximate surface area is 103 Å². The molecule has 96 valence electrons. The van der Waals surface area contributed by atoms with Gasteiger partial charge in [-0.15, -0.1) is 0 Å². The molecular weight excluding hydrogens is 218 g/mol. The number of anilines is 1. The molecule has 0 spiro atoms. The van der Waals surface area contributed by atoms with Crippen LogP contribution in [0.4, 0.5) is 5.69 Å². The molecule has 4 heteroatoms. The molecular formula is C13H21NO3. The van der Waals surface area contributed by atoms with Crippen LogP contribution in [0.15, 0.2) is 24.3 Å². The van der Waals surface area contributed by atoms with Gasteiger partial charge in [0.15, 0.2) is 6.29 Å². The van der Waals surface area contributed by atoms with E-state index in [4.69, 9.17) is 14.2 Å². The van der Waals surface area contributed by atoms with Gasteiger partial charge in [-0.2, -0.15) is 0 Å². The summed E-state index contributed by atoms with van der Waals surface area (Å²) in [6.45, 7) is 5.84. The minimum Gasteiger partial charge on any atom is -0.497 e. The Morgan fingerprint density at radius 3 is 2.12 bits per heavy atom. The zero-order chi connectivity index (χ0) is 12.5. The van der Waals surface area contributed by atoms with E-state index in [9.17, 15) is 0 Å². The Morgan fingerprint density at radius 2 is 1.65 bits per heavy atom. The first-order valence-electron chi connectivity index (χ1n) is 5.91. The van der Waals surface area contributed by atoms with Gasteiger partial charge in [0.05, 0.1) is 13.7 Å². The third-order valence-corrected chi connectivity index (χ3v) is 2.27. The molecule has 0 aliphatic carbocycles. The zero-order valence-electron chi connectivity index (χ0n) is 10.7. The Hall–Kier alpha value is -1.26. The van der Waals surface area contributed by atoms with E-state index in [0.29, 0.717) is 19.8 Å². The average Bonchev–Trinajstić information content (AvgIpc) is 2.37. The molecule has 1 aromatic carbocycles. The standard InChI is InChI=1S/C13H21NO3/c1-4-16-13(17-5-2)10-14-11-6-8-12(15-3)9-7-11/h6-9,13-14H,4-5,10H2,1-3H3. The fraction of sp³-hybridized carbons (Fsp3) is 0.538. The monoisotopic (exact) mass is 239 g/mol. The molecule has 0 radical (unpaired) electrons. The molecule has 0 aromatic heterocycles. The highest BCUT2D eigenvalue weighted by atomic mass is 16.7. The lowest BCUT2D eigenvalue weighted by molar-refractivity contribution is -0.126. The summed E-state index contributed by atoms with van der Waals surface area (Å²) in [5, 5.41) is 3.26. The second-order valence-corrected chi connectivity index (χ2v) is 3.45. The molecule has 4 nitrogen and oxygen atoms in total. The van der Waals surface area contributed by atoms with Crippen molar-refractivity contribution < 1.29 is 14.2 Å². The van der Waals surface area contributed by atoms with E-state index < -0.39 is 0 Å². The highest BCUT2D eigenvalue weighted by Gasteiger charge is 2.06. The highest BCUT2D eigenvalue weighted by Crippen LogP contribution is 2.15. The maximum absolute atomic E-state index is 5.44. The van der Waals surface area contributed by atoms with Gasteiger partial charge in [-0.1, -0.05) is 0 Å². The fourth-order valence-corrected chi connectivity index (χ4v) is 1.45. The molecule has 0 fully saturated rings. The smallest absolute Gasteiger partial charge is 0.174 e. The van der Waals surface area contributed by atoms with Crippen LogP contribution in [0, 0.1) is 0 Å². The minimum absolute atomic E-state index is 0.202. The van der Waals surface area contributed by atoms with Gasteiger partial charge in [0.25, 0.3) is 0 Å². The van der Waals surface area contributed by atoms with Crippen LogP contribution in [0.5, 0.6) is 5.75 Å². The molecule has 0 bridgehead atoms. The summed E-state index contributed by atoms with van der Waals surface area (Å²) >= 11 is 0. The molecule has 0 saturated heterocycles. The van der Waals surface area contributed by atoms with Crippen LogP contribution in [0.1, 0.15) is 13.8 Å². The van der Waals surface area contributed by atoms with E-state index in [2.05, 4.69) is 5.32 Å². The summed E-state index contributed by atoms with van der Waals surface area (Å²) in [7, 11) is 1.66. The molecule has 0 amide bonds. The zero-order valence-corrected chi connectivity index (χ0v) is 10.7. The van der Waals surface area contributed by atoms with Gasteiger partial charge in [-0.3, -0.25) is 0 Å². The normalized spacial score (nSPS) is 10.6. The van der Waals surface area contributed by atoms with Crippen molar-refractivity contribution in [2.75, 3.05) is 32.2 Å². The van der Waals surface area contributed by atoms with Gasteiger partial charge in [-0.05, 0) is 38.1 Å². The Kier molecular flexibility index (Phi) is 6.43. The second-order valence-electron chi connectivity index (χ2n) is 3.45. The summed E-state index contributed by atoms with van der Waals surface area (Å²) in [5.74, 6) is 0.849. The molecule has 0 heterocycles. The van der Waals surface area contributed by atoms with Gasteiger partial charge in [0, 0.05) is 18.9 Å².